The molecule has 0 radical (unpaired) electrons. The Kier molecular flexibility index (Phi) is 5.83. The second kappa shape index (κ2) is 10.6. The van der Waals surface area contributed by atoms with Crippen molar-refractivity contribution in [2.75, 3.05) is 4.90 Å². The van der Waals surface area contributed by atoms with Crippen molar-refractivity contribution in [2.24, 2.45) is 0 Å². The highest BCUT2D eigenvalue weighted by Gasteiger charge is 2.22. The Morgan fingerprint density at radius 3 is 2.08 bits per heavy atom. The van der Waals surface area contributed by atoms with E-state index >= 15 is 0 Å². The molecule has 0 atom stereocenters. The van der Waals surface area contributed by atoms with Crippen molar-refractivity contribution in [3.63, 3.8) is 0 Å². The molecule has 0 unspecified atom stereocenters. The van der Waals surface area contributed by atoms with Gasteiger partial charge in [0.05, 0.1) is 22.1 Å². The first-order valence-corrected chi connectivity index (χ1v) is 17.7. The van der Waals surface area contributed by atoms with Crippen LogP contribution in [0.2, 0.25) is 0 Å². The molecule has 0 aliphatic heterocycles. The molecule has 0 aliphatic rings. The number of hydrogen-bond donors (Lipinski definition) is 0. The molecular weight excluding hydrogens is 629 g/mol. The molecule has 0 spiro atoms. The lowest BCUT2D eigenvalue weighted by molar-refractivity contribution is 0.669. The molecule has 8 aromatic carbocycles. The maximum atomic E-state index is 6.42. The Bertz CT molecular complexity index is 3110. The molecule has 3 heterocycles. The molecule has 4 heteroatoms. The van der Waals surface area contributed by atoms with Gasteiger partial charge in [0.15, 0.2) is 0 Å². The van der Waals surface area contributed by atoms with Gasteiger partial charge in [-0.05, 0) is 89.6 Å². The largest absolute Gasteiger partial charge is 0.456 e. The van der Waals surface area contributed by atoms with Crippen LogP contribution < -0.4 is 4.90 Å². The number of anilines is 3. The predicted octanol–water partition coefficient (Wildman–Crippen LogP) is 13.7. The Morgan fingerprint density at radius 2 is 1.16 bits per heavy atom. The molecule has 0 saturated heterocycles. The normalized spacial score (nSPS) is 12.0. The summed E-state index contributed by atoms with van der Waals surface area (Å²) in [4.78, 5) is 2.41. The molecular formula is C46H28N2OS. The maximum absolute atomic E-state index is 6.42. The van der Waals surface area contributed by atoms with Crippen LogP contribution in [0.15, 0.2) is 174 Å². The summed E-state index contributed by atoms with van der Waals surface area (Å²) in [6, 6.07) is 61.3. The third kappa shape index (κ3) is 3.97. The fourth-order valence-corrected chi connectivity index (χ4v) is 9.13. The standard InChI is InChI=1S/C46H28N2OS/c1-2-11-30(12-3-1)48-38-16-7-4-13-34(38)37-28-32(23-25-39(37)48)47(40-17-10-19-42-46(40)35-14-5-8-18-41(35)49-42)31-22-24-33-29(27-31)21-26-44-45(33)36-15-6-9-20-43(36)50-44/h1-28H. The molecule has 234 valence electrons. The van der Waals surface area contributed by atoms with E-state index in [0.29, 0.717) is 0 Å². The SMILES string of the molecule is c1ccc(-n2c3ccccc3c3cc(N(c4ccc5c(ccc6sc7ccccc7c65)c4)c4cccc5oc6ccccc6c45)ccc32)cc1. The number of rotatable bonds is 4. The summed E-state index contributed by atoms with van der Waals surface area (Å²) in [5.41, 5.74) is 8.56. The second-order valence-corrected chi connectivity index (χ2v) is 14.0. The third-order valence-corrected chi connectivity index (χ3v) is 11.3. The van der Waals surface area contributed by atoms with Gasteiger partial charge in [0, 0.05) is 53.4 Å². The summed E-state index contributed by atoms with van der Waals surface area (Å²) in [6.07, 6.45) is 0. The van der Waals surface area contributed by atoms with Gasteiger partial charge < -0.3 is 13.9 Å². The first kappa shape index (κ1) is 27.6. The molecule has 3 aromatic heterocycles. The molecule has 0 aliphatic carbocycles. The Labute approximate surface area is 291 Å². The van der Waals surface area contributed by atoms with E-state index in [9.17, 15) is 0 Å². The average Bonchev–Trinajstić information content (AvgIpc) is 3.85. The van der Waals surface area contributed by atoms with Crippen molar-refractivity contribution in [3.05, 3.63) is 170 Å². The lowest BCUT2D eigenvalue weighted by atomic mass is 10.0. The lowest BCUT2D eigenvalue weighted by Crippen LogP contribution is -2.10. The Morgan fingerprint density at radius 1 is 0.440 bits per heavy atom. The van der Waals surface area contributed by atoms with Gasteiger partial charge in [-0.2, -0.15) is 0 Å². The van der Waals surface area contributed by atoms with Crippen LogP contribution in [0.1, 0.15) is 0 Å². The predicted molar refractivity (Wildman–Crippen MR) is 213 cm³/mol. The monoisotopic (exact) mass is 656 g/mol. The molecule has 11 rings (SSSR count). The number of fused-ring (bicyclic) bond motifs is 11. The van der Waals surface area contributed by atoms with E-state index < -0.39 is 0 Å². The van der Waals surface area contributed by atoms with E-state index in [1.165, 1.54) is 52.8 Å². The van der Waals surface area contributed by atoms with Gasteiger partial charge in [-0.15, -0.1) is 11.3 Å². The third-order valence-electron chi connectivity index (χ3n) is 10.1. The molecule has 3 nitrogen and oxygen atoms in total. The van der Waals surface area contributed by atoms with Crippen LogP contribution in [-0.2, 0) is 0 Å². The number of aromatic nitrogens is 1. The number of hydrogen-bond acceptors (Lipinski definition) is 3. The lowest BCUT2D eigenvalue weighted by Gasteiger charge is -2.27. The van der Waals surface area contributed by atoms with Crippen LogP contribution in [0.25, 0.3) is 80.4 Å². The zero-order valence-corrected chi connectivity index (χ0v) is 27.7. The topological polar surface area (TPSA) is 21.3 Å². The van der Waals surface area contributed by atoms with Crippen molar-refractivity contribution < 1.29 is 4.42 Å². The van der Waals surface area contributed by atoms with Gasteiger partial charge in [-0.25, -0.2) is 0 Å². The molecule has 0 fully saturated rings. The molecule has 0 amide bonds. The summed E-state index contributed by atoms with van der Waals surface area (Å²) in [5.74, 6) is 0. The summed E-state index contributed by atoms with van der Waals surface area (Å²) in [5, 5.41) is 9.79. The quantitative estimate of drug-likeness (QED) is 0.188. The summed E-state index contributed by atoms with van der Waals surface area (Å²) in [7, 11) is 0. The van der Waals surface area contributed by atoms with E-state index in [4.69, 9.17) is 4.42 Å². The van der Waals surface area contributed by atoms with Crippen molar-refractivity contribution in [3.8, 4) is 5.69 Å². The number of para-hydroxylation sites is 3. The van der Waals surface area contributed by atoms with Gasteiger partial charge in [0.2, 0.25) is 0 Å². The number of nitrogens with zero attached hydrogens (tertiary/aromatic N) is 2. The smallest absolute Gasteiger partial charge is 0.137 e. The van der Waals surface area contributed by atoms with Crippen LogP contribution in [0.3, 0.4) is 0 Å². The minimum absolute atomic E-state index is 0.877. The van der Waals surface area contributed by atoms with Crippen molar-refractivity contribution in [2.45, 2.75) is 0 Å². The van der Waals surface area contributed by atoms with Crippen molar-refractivity contribution >= 4 is 103 Å². The molecule has 0 N–H and O–H groups in total. The van der Waals surface area contributed by atoms with E-state index in [0.717, 1.165) is 44.7 Å². The van der Waals surface area contributed by atoms with Crippen LogP contribution in [0.4, 0.5) is 17.1 Å². The minimum Gasteiger partial charge on any atom is -0.456 e. The molecule has 11 aromatic rings. The fourth-order valence-electron chi connectivity index (χ4n) is 8.00. The molecule has 0 saturated carbocycles. The van der Waals surface area contributed by atoms with E-state index in [-0.39, 0.29) is 0 Å². The van der Waals surface area contributed by atoms with Gasteiger partial charge in [-0.1, -0.05) is 91.0 Å². The highest BCUT2D eigenvalue weighted by Crippen LogP contribution is 2.46. The van der Waals surface area contributed by atoms with Crippen LogP contribution in [0, 0.1) is 0 Å². The first-order chi connectivity index (χ1) is 24.8. The minimum atomic E-state index is 0.877. The van der Waals surface area contributed by atoms with Crippen LogP contribution in [0.5, 0.6) is 0 Å². The number of furan rings is 1. The second-order valence-electron chi connectivity index (χ2n) is 12.9. The van der Waals surface area contributed by atoms with Crippen LogP contribution >= 0.6 is 11.3 Å². The van der Waals surface area contributed by atoms with Crippen molar-refractivity contribution in [1.29, 1.82) is 0 Å². The molecule has 0 bridgehead atoms. The highest BCUT2D eigenvalue weighted by molar-refractivity contribution is 7.26. The van der Waals surface area contributed by atoms with Gasteiger partial charge in [0.1, 0.15) is 11.2 Å². The summed E-state index contributed by atoms with van der Waals surface area (Å²) in [6.45, 7) is 0. The molecule has 50 heavy (non-hydrogen) atoms. The summed E-state index contributed by atoms with van der Waals surface area (Å²) < 4.78 is 11.4. The zero-order valence-electron chi connectivity index (χ0n) is 26.9. The van der Waals surface area contributed by atoms with Gasteiger partial charge in [-0.3, -0.25) is 0 Å². The van der Waals surface area contributed by atoms with Crippen LogP contribution in [-0.4, -0.2) is 4.57 Å². The fraction of sp³-hybridized carbons (Fsp3) is 0. The Balaban J connectivity index is 1.20. The van der Waals surface area contributed by atoms with Gasteiger partial charge in [0.25, 0.3) is 0 Å². The van der Waals surface area contributed by atoms with Gasteiger partial charge >= 0.3 is 0 Å². The summed E-state index contributed by atoms with van der Waals surface area (Å²) >= 11 is 1.86. The maximum Gasteiger partial charge on any atom is 0.137 e. The highest BCUT2D eigenvalue weighted by atomic mass is 32.1. The van der Waals surface area contributed by atoms with E-state index in [1.807, 2.05) is 17.4 Å². The van der Waals surface area contributed by atoms with E-state index in [2.05, 4.69) is 173 Å². The van der Waals surface area contributed by atoms with Crippen molar-refractivity contribution in [1.82, 2.24) is 4.57 Å². The average molecular weight is 657 g/mol. The first-order valence-electron chi connectivity index (χ1n) is 16.9. The number of thiophene rings is 1. The number of benzene rings is 8. The van der Waals surface area contributed by atoms with E-state index in [1.54, 1.807) is 0 Å². The Hall–Kier alpha value is -6.36. The zero-order chi connectivity index (χ0) is 32.8.